The number of unbranched alkanes of at least 4 members (excludes halogenated alkanes) is 57. The summed E-state index contributed by atoms with van der Waals surface area (Å²) < 4.78 is 5.51. The molecular formula is C78H149NO5. The van der Waals surface area contributed by atoms with Crippen molar-refractivity contribution in [2.75, 3.05) is 13.2 Å². The summed E-state index contributed by atoms with van der Waals surface area (Å²) in [7, 11) is 0. The van der Waals surface area contributed by atoms with Gasteiger partial charge in [0.2, 0.25) is 5.91 Å². The maximum atomic E-state index is 12.5. The summed E-state index contributed by atoms with van der Waals surface area (Å²) in [6.07, 6.45) is 95.5. The molecule has 6 nitrogen and oxygen atoms in total. The van der Waals surface area contributed by atoms with Crippen molar-refractivity contribution >= 4 is 11.9 Å². The van der Waals surface area contributed by atoms with E-state index in [1.54, 1.807) is 6.08 Å². The van der Waals surface area contributed by atoms with E-state index in [0.29, 0.717) is 19.4 Å². The standard InChI is InChI=1S/C78H149NO5/c1-3-5-7-9-11-13-15-17-19-44-48-52-56-60-64-68-72-78(83)84-73-69-65-61-57-53-49-45-42-40-38-36-34-32-30-28-26-24-22-20-21-23-25-27-29-31-33-35-37-39-41-43-47-51-55-59-63-67-71-77(82)79-75(74-80)76(81)70-66-62-58-54-50-46-18-16-14-12-10-8-6-4-2/h20,22,26,28,66,70,75-76,80-81H,3-19,21,23-25,27,29-65,67-69,71-74H2,1-2H3,(H,79,82)/b22-20-,28-26-,70-66+. The number of hydrogen-bond acceptors (Lipinski definition) is 5. The van der Waals surface area contributed by atoms with Crippen LogP contribution in [0.4, 0.5) is 0 Å². The Bertz CT molecular complexity index is 1360. The molecule has 0 saturated carbocycles. The number of carbonyl (C=O) groups excluding carboxylic acids is 2. The second-order valence-corrected chi connectivity index (χ2v) is 26.3. The van der Waals surface area contributed by atoms with Crippen LogP contribution in [0.2, 0.25) is 0 Å². The molecule has 84 heavy (non-hydrogen) atoms. The highest BCUT2D eigenvalue weighted by Crippen LogP contribution is 2.19. The molecule has 0 aromatic heterocycles. The Morgan fingerprint density at radius 2 is 0.595 bits per heavy atom. The van der Waals surface area contributed by atoms with Crippen LogP contribution in [0.3, 0.4) is 0 Å². The molecule has 6 heteroatoms. The third kappa shape index (κ3) is 69.2. The van der Waals surface area contributed by atoms with E-state index in [1.807, 2.05) is 6.08 Å². The van der Waals surface area contributed by atoms with E-state index >= 15 is 0 Å². The highest BCUT2D eigenvalue weighted by Gasteiger charge is 2.18. The number of hydrogen-bond donors (Lipinski definition) is 3. The minimum Gasteiger partial charge on any atom is -0.466 e. The fourth-order valence-electron chi connectivity index (χ4n) is 12.1. The highest BCUT2D eigenvalue weighted by atomic mass is 16.5. The first-order valence-corrected chi connectivity index (χ1v) is 38.3. The van der Waals surface area contributed by atoms with Gasteiger partial charge in [0.25, 0.3) is 0 Å². The zero-order valence-electron chi connectivity index (χ0n) is 56.9. The summed E-state index contributed by atoms with van der Waals surface area (Å²) in [4.78, 5) is 24.6. The molecule has 0 fully saturated rings. The Morgan fingerprint density at radius 1 is 0.333 bits per heavy atom. The Hall–Kier alpha value is -1.92. The van der Waals surface area contributed by atoms with Gasteiger partial charge in [-0.25, -0.2) is 0 Å². The molecule has 0 saturated heterocycles. The van der Waals surface area contributed by atoms with Crippen molar-refractivity contribution in [1.29, 1.82) is 0 Å². The van der Waals surface area contributed by atoms with E-state index in [2.05, 4.69) is 43.5 Å². The van der Waals surface area contributed by atoms with Gasteiger partial charge in [-0.2, -0.15) is 0 Å². The molecular weight excluding hydrogens is 1030 g/mol. The molecule has 496 valence electrons. The average molecular weight is 1180 g/mol. The van der Waals surface area contributed by atoms with Crippen LogP contribution in [0.5, 0.6) is 0 Å². The van der Waals surface area contributed by atoms with Crippen molar-refractivity contribution in [3.63, 3.8) is 0 Å². The van der Waals surface area contributed by atoms with Gasteiger partial charge in [-0.3, -0.25) is 9.59 Å². The number of aliphatic hydroxyl groups excluding tert-OH is 2. The Balaban J connectivity index is 3.35. The van der Waals surface area contributed by atoms with E-state index in [1.165, 1.54) is 353 Å². The predicted octanol–water partition coefficient (Wildman–Crippen LogP) is 25.0. The van der Waals surface area contributed by atoms with Gasteiger partial charge in [-0.15, -0.1) is 0 Å². The lowest BCUT2D eigenvalue weighted by Crippen LogP contribution is -2.45. The van der Waals surface area contributed by atoms with E-state index in [9.17, 15) is 19.8 Å². The maximum absolute atomic E-state index is 12.5. The fourth-order valence-corrected chi connectivity index (χ4v) is 12.1. The summed E-state index contributed by atoms with van der Waals surface area (Å²) in [5, 5.41) is 23.2. The number of esters is 1. The largest absolute Gasteiger partial charge is 0.466 e. The van der Waals surface area contributed by atoms with E-state index in [4.69, 9.17) is 4.74 Å². The van der Waals surface area contributed by atoms with Crippen LogP contribution in [-0.4, -0.2) is 47.4 Å². The monoisotopic (exact) mass is 1180 g/mol. The van der Waals surface area contributed by atoms with Crippen molar-refractivity contribution < 1.29 is 24.5 Å². The number of nitrogens with one attached hydrogen (secondary N) is 1. The highest BCUT2D eigenvalue weighted by molar-refractivity contribution is 5.76. The summed E-state index contributed by atoms with van der Waals surface area (Å²) in [5.74, 6) is -0.0406. The number of amides is 1. The number of rotatable bonds is 72. The predicted molar refractivity (Wildman–Crippen MR) is 370 cm³/mol. The topological polar surface area (TPSA) is 95.9 Å². The second kappa shape index (κ2) is 73.5. The normalized spacial score (nSPS) is 12.7. The van der Waals surface area contributed by atoms with Crippen molar-refractivity contribution in [2.24, 2.45) is 0 Å². The Morgan fingerprint density at radius 3 is 0.905 bits per heavy atom. The van der Waals surface area contributed by atoms with Crippen molar-refractivity contribution in [1.82, 2.24) is 5.32 Å². The van der Waals surface area contributed by atoms with Gasteiger partial charge in [-0.1, -0.05) is 384 Å². The van der Waals surface area contributed by atoms with Crippen LogP contribution in [0.25, 0.3) is 0 Å². The molecule has 0 aromatic carbocycles. The zero-order valence-corrected chi connectivity index (χ0v) is 56.9. The number of aliphatic hydroxyl groups is 2. The third-order valence-electron chi connectivity index (χ3n) is 17.9. The van der Waals surface area contributed by atoms with Gasteiger partial charge in [0, 0.05) is 12.8 Å². The number of carbonyl (C=O) groups is 2. The molecule has 0 aliphatic heterocycles. The van der Waals surface area contributed by atoms with E-state index in [-0.39, 0.29) is 18.5 Å². The van der Waals surface area contributed by atoms with Crippen LogP contribution in [-0.2, 0) is 14.3 Å². The van der Waals surface area contributed by atoms with Crippen molar-refractivity contribution in [2.45, 2.75) is 437 Å². The first kappa shape index (κ1) is 82.1. The molecule has 0 heterocycles. The van der Waals surface area contributed by atoms with Gasteiger partial charge < -0.3 is 20.3 Å². The van der Waals surface area contributed by atoms with Gasteiger partial charge in [0.1, 0.15) is 0 Å². The molecule has 0 aromatic rings. The summed E-state index contributed by atoms with van der Waals surface area (Å²) >= 11 is 0. The lowest BCUT2D eigenvalue weighted by atomic mass is 10.0. The van der Waals surface area contributed by atoms with Gasteiger partial charge >= 0.3 is 5.97 Å². The van der Waals surface area contributed by atoms with Crippen molar-refractivity contribution in [3.8, 4) is 0 Å². The summed E-state index contributed by atoms with van der Waals surface area (Å²) in [5.41, 5.74) is 0. The first-order valence-electron chi connectivity index (χ1n) is 38.3. The van der Waals surface area contributed by atoms with Crippen LogP contribution >= 0.6 is 0 Å². The maximum Gasteiger partial charge on any atom is 0.305 e. The lowest BCUT2D eigenvalue weighted by Gasteiger charge is -2.20. The molecule has 2 unspecified atom stereocenters. The summed E-state index contributed by atoms with van der Waals surface area (Å²) in [6, 6.07) is -0.625. The molecule has 0 radical (unpaired) electrons. The Kier molecular flexibility index (Phi) is 71.9. The Labute approximate surface area is 525 Å². The van der Waals surface area contributed by atoms with Gasteiger partial charge in [-0.05, 0) is 64.2 Å². The molecule has 0 spiro atoms. The zero-order chi connectivity index (χ0) is 60.6. The molecule has 1 amide bonds. The van der Waals surface area contributed by atoms with Crippen molar-refractivity contribution in [3.05, 3.63) is 36.5 Å². The van der Waals surface area contributed by atoms with E-state index < -0.39 is 12.1 Å². The SMILES string of the molecule is CCCCCCCCCCCCCC/C=C/C(O)C(CO)NC(=O)CCCCCCCCCCCCCCCCCCC/C=C\C/C=C\CCCCCCCCCCCCCCCOC(=O)CCCCCCCCCCCCCCCCCC. The van der Waals surface area contributed by atoms with E-state index in [0.717, 1.165) is 44.9 Å². The molecule has 0 aliphatic carbocycles. The molecule has 3 N–H and O–H groups in total. The smallest absolute Gasteiger partial charge is 0.305 e. The number of allylic oxidation sites excluding steroid dienone is 5. The summed E-state index contributed by atoms with van der Waals surface area (Å²) in [6.45, 7) is 4.94. The van der Waals surface area contributed by atoms with Crippen LogP contribution < -0.4 is 5.32 Å². The lowest BCUT2D eigenvalue weighted by molar-refractivity contribution is -0.143. The quantitative estimate of drug-likeness (QED) is 0.0320. The first-order chi connectivity index (χ1) is 41.5. The minimum absolute atomic E-state index is 0.0226. The molecule has 0 rings (SSSR count). The van der Waals surface area contributed by atoms with Crippen LogP contribution in [0.1, 0.15) is 425 Å². The third-order valence-corrected chi connectivity index (χ3v) is 17.9. The second-order valence-electron chi connectivity index (χ2n) is 26.3. The molecule has 0 bridgehead atoms. The van der Waals surface area contributed by atoms with Gasteiger partial charge in [0.05, 0.1) is 25.4 Å². The molecule has 2 atom stereocenters. The molecule has 0 aliphatic rings. The van der Waals surface area contributed by atoms with Crippen LogP contribution in [0, 0.1) is 0 Å². The van der Waals surface area contributed by atoms with Crippen LogP contribution in [0.15, 0.2) is 36.5 Å². The average Bonchev–Trinajstić information content (AvgIpc) is 3.51. The number of ether oxygens (including phenoxy) is 1. The van der Waals surface area contributed by atoms with Gasteiger partial charge in [0.15, 0.2) is 0 Å². The minimum atomic E-state index is -0.842. The fraction of sp³-hybridized carbons (Fsp3) is 0.897.